The van der Waals surface area contributed by atoms with E-state index in [1.807, 2.05) is 6.92 Å². The number of anilines is 1. The highest BCUT2D eigenvalue weighted by Crippen LogP contribution is 2.26. The molecule has 0 spiro atoms. The van der Waals surface area contributed by atoms with Crippen LogP contribution >= 0.6 is 39.7 Å². The molecule has 2 aromatic rings. The molecule has 0 saturated heterocycles. The van der Waals surface area contributed by atoms with Gasteiger partial charge in [0.15, 0.2) is 5.11 Å². The van der Waals surface area contributed by atoms with Crippen molar-refractivity contribution in [3.8, 4) is 5.75 Å². The van der Waals surface area contributed by atoms with Crippen LogP contribution in [-0.4, -0.2) is 17.6 Å². The molecule has 24 heavy (non-hydrogen) atoms. The zero-order valence-electron chi connectivity index (χ0n) is 12.5. The largest absolute Gasteiger partial charge is 0.493 e. The number of carbonyl (C=O) groups is 1. The Kier molecular flexibility index (Phi) is 6.53. The van der Waals surface area contributed by atoms with E-state index in [1.165, 1.54) is 18.2 Å². The Bertz CT molecular complexity index is 789. The molecule has 4 nitrogen and oxygen atoms in total. The molecular weight excluding hydrogens is 419 g/mol. The van der Waals surface area contributed by atoms with Gasteiger partial charge in [-0.2, -0.15) is 0 Å². The third kappa shape index (κ3) is 4.90. The van der Waals surface area contributed by atoms with Crippen LogP contribution in [0.5, 0.6) is 5.75 Å². The molecule has 0 radical (unpaired) electrons. The number of hydrogen-bond acceptors (Lipinski definition) is 3. The van der Waals surface area contributed by atoms with Crippen LogP contribution in [0, 0.1) is 5.82 Å². The Morgan fingerprint density at radius 1 is 1.33 bits per heavy atom. The van der Waals surface area contributed by atoms with Crippen molar-refractivity contribution in [2.45, 2.75) is 6.92 Å². The first kappa shape index (κ1) is 18.6. The fraction of sp³-hybridized carbons (Fsp3) is 0.125. The molecule has 2 N–H and O–H groups in total. The maximum atomic E-state index is 13.1. The van der Waals surface area contributed by atoms with Crippen LogP contribution in [0.25, 0.3) is 0 Å². The second-order valence-electron chi connectivity index (χ2n) is 4.62. The van der Waals surface area contributed by atoms with E-state index >= 15 is 0 Å². The number of halogens is 3. The molecule has 2 rings (SSSR count). The summed E-state index contributed by atoms with van der Waals surface area (Å²) in [7, 11) is 0. The maximum Gasteiger partial charge on any atom is 0.257 e. The molecular formula is C16H13BrClFN2O2S. The molecule has 2 aromatic carbocycles. The van der Waals surface area contributed by atoms with Crippen LogP contribution in [-0.2, 0) is 0 Å². The highest BCUT2D eigenvalue weighted by molar-refractivity contribution is 9.10. The number of thiocarbonyl (C=S) groups is 1. The van der Waals surface area contributed by atoms with Gasteiger partial charge in [0.05, 0.1) is 16.1 Å². The van der Waals surface area contributed by atoms with E-state index in [2.05, 4.69) is 26.6 Å². The number of amides is 1. The second-order valence-corrected chi connectivity index (χ2v) is 6.29. The van der Waals surface area contributed by atoms with Crippen molar-refractivity contribution in [2.24, 2.45) is 0 Å². The summed E-state index contributed by atoms with van der Waals surface area (Å²) in [4.78, 5) is 12.2. The van der Waals surface area contributed by atoms with Gasteiger partial charge >= 0.3 is 0 Å². The summed E-state index contributed by atoms with van der Waals surface area (Å²) < 4.78 is 19.2. The summed E-state index contributed by atoms with van der Waals surface area (Å²) in [5.41, 5.74) is 0.881. The smallest absolute Gasteiger partial charge is 0.257 e. The standard InChI is InChI=1S/C16H13BrClFN2O2S/c1-2-23-14-6-3-9(7-11(14)17)15(22)21-16(24)20-10-4-5-13(19)12(18)8-10/h3-8H,2H2,1H3,(H2,20,21,22,24). The molecule has 0 fully saturated rings. The molecule has 0 unspecified atom stereocenters. The minimum Gasteiger partial charge on any atom is -0.493 e. The van der Waals surface area contributed by atoms with Crippen LogP contribution < -0.4 is 15.4 Å². The lowest BCUT2D eigenvalue weighted by Gasteiger charge is -2.11. The molecule has 8 heteroatoms. The van der Waals surface area contributed by atoms with Crippen LogP contribution in [0.3, 0.4) is 0 Å². The van der Waals surface area contributed by atoms with Gasteiger partial charge in [-0.05, 0) is 71.5 Å². The molecule has 0 aromatic heterocycles. The predicted molar refractivity (Wildman–Crippen MR) is 100 cm³/mol. The number of carbonyl (C=O) groups excluding carboxylic acids is 1. The second kappa shape index (κ2) is 8.41. The van der Waals surface area contributed by atoms with Crippen LogP contribution in [0.4, 0.5) is 10.1 Å². The van der Waals surface area contributed by atoms with E-state index < -0.39 is 5.82 Å². The van der Waals surface area contributed by atoms with Crippen molar-refractivity contribution in [1.82, 2.24) is 5.32 Å². The lowest BCUT2D eigenvalue weighted by Crippen LogP contribution is -2.34. The molecule has 0 aliphatic rings. The third-order valence-corrected chi connectivity index (χ3v) is 4.01. The molecule has 0 saturated carbocycles. The molecule has 0 atom stereocenters. The zero-order chi connectivity index (χ0) is 17.7. The number of nitrogens with one attached hydrogen (secondary N) is 2. The first-order valence-electron chi connectivity index (χ1n) is 6.90. The summed E-state index contributed by atoms with van der Waals surface area (Å²) in [6, 6.07) is 9.01. The Hall–Kier alpha value is -1.70. The molecule has 126 valence electrons. The maximum absolute atomic E-state index is 13.1. The van der Waals surface area contributed by atoms with Gasteiger partial charge in [0.25, 0.3) is 5.91 Å². The average molecular weight is 432 g/mol. The lowest BCUT2D eigenvalue weighted by atomic mass is 10.2. The van der Waals surface area contributed by atoms with E-state index in [4.69, 9.17) is 28.6 Å². The van der Waals surface area contributed by atoms with Gasteiger partial charge in [0, 0.05) is 11.3 Å². The number of ether oxygens (including phenoxy) is 1. The van der Waals surface area contributed by atoms with Crippen molar-refractivity contribution in [1.29, 1.82) is 0 Å². The molecule has 0 bridgehead atoms. The summed E-state index contributed by atoms with van der Waals surface area (Å²) in [5.74, 6) is -0.267. The van der Waals surface area contributed by atoms with Gasteiger partial charge in [-0.25, -0.2) is 4.39 Å². The SMILES string of the molecule is CCOc1ccc(C(=O)NC(=S)Nc2ccc(F)c(Cl)c2)cc1Br. The minimum absolute atomic E-state index is 0.0374. The van der Waals surface area contributed by atoms with Crippen LogP contribution in [0.2, 0.25) is 5.02 Å². The number of hydrogen-bond donors (Lipinski definition) is 2. The van der Waals surface area contributed by atoms with E-state index in [0.717, 1.165) is 0 Å². The Morgan fingerprint density at radius 3 is 2.71 bits per heavy atom. The van der Waals surface area contributed by atoms with Crippen molar-refractivity contribution in [3.05, 3.63) is 57.3 Å². The quantitative estimate of drug-likeness (QED) is 0.685. The molecule has 1 amide bonds. The van der Waals surface area contributed by atoms with Gasteiger partial charge in [-0.3, -0.25) is 10.1 Å². The van der Waals surface area contributed by atoms with Gasteiger partial charge in [-0.15, -0.1) is 0 Å². The number of rotatable bonds is 4. The van der Waals surface area contributed by atoms with Crippen LogP contribution in [0.15, 0.2) is 40.9 Å². The van der Waals surface area contributed by atoms with Crippen molar-refractivity contribution < 1.29 is 13.9 Å². The minimum atomic E-state index is -0.531. The average Bonchev–Trinajstić information content (AvgIpc) is 2.53. The van der Waals surface area contributed by atoms with E-state index in [1.54, 1.807) is 18.2 Å². The highest BCUT2D eigenvalue weighted by Gasteiger charge is 2.11. The third-order valence-electron chi connectivity index (χ3n) is 2.90. The Labute approximate surface area is 157 Å². The summed E-state index contributed by atoms with van der Waals surface area (Å²) >= 11 is 14.1. The van der Waals surface area contributed by atoms with E-state index in [9.17, 15) is 9.18 Å². The topological polar surface area (TPSA) is 50.4 Å². The summed E-state index contributed by atoms with van der Waals surface area (Å²) in [6.45, 7) is 2.40. The Morgan fingerprint density at radius 2 is 2.08 bits per heavy atom. The molecule has 0 heterocycles. The van der Waals surface area contributed by atoms with Crippen molar-refractivity contribution in [2.75, 3.05) is 11.9 Å². The van der Waals surface area contributed by atoms with Crippen molar-refractivity contribution >= 4 is 56.5 Å². The Balaban J connectivity index is 2.02. The van der Waals surface area contributed by atoms with E-state index in [-0.39, 0.29) is 16.0 Å². The fourth-order valence-electron chi connectivity index (χ4n) is 1.83. The van der Waals surface area contributed by atoms with Gasteiger partial charge in [0.1, 0.15) is 11.6 Å². The van der Waals surface area contributed by atoms with Gasteiger partial charge < -0.3 is 10.1 Å². The molecule has 0 aliphatic heterocycles. The van der Waals surface area contributed by atoms with Crippen LogP contribution in [0.1, 0.15) is 17.3 Å². The fourth-order valence-corrected chi connectivity index (χ4v) is 2.71. The van der Waals surface area contributed by atoms with Crippen molar-refractivity contribution in [3.63, 3.8) is 0 Å². The van der Waals surface area contributed by atoms with E-state index in [0.29, 0.717) is 28.1 Å². The predicted octanol–water partition coefficient (Wildman–Crippen LogP) is 4.77. The summed E-state index contributed by atoms with van der Waals surface area (Å²) in [6.07, 6.45) is 0. The van der Waals surface area contributed by atoms with Gasteiger partial charge in [0.2, 0.25) is 0 Å². The van der Waals surface area contributed by atoms with Gasteiger partial charge in [-0.1, -0.05) is 11.6 Å². The monoisotopic (exact) mass is 430 g/mol. The lowest BCUT2D eigenvalue weighted by molar-refractivity contribution is 0.0977. The highest BCUT2D eigenvalue weighted by atomic mass is 79.9. The number of benzene rings is 2. The first-order chi connectivity index (χ1) is 11.4. The zero-order valence-corrected chi connectivity index (χ0v) is 15.7. The molecule has 0 aliphatic carbocycles. The first-order valence-corrected chi connectivity index (χ1v) is 8.48. The summed E-state index contributed by atoms with van der Waals surface area (Å²) in [5, 5.41) is 5.35. The normalized spacial score (nSPS) is 10.2.